The second-order valence-electron chi connectivity index (χ2n) is 6.72. The van der Waals surface area contributed by atoms with Gasteiger partial charge in [0.25, 0.3) is 5.91 Å². The fraction of sp³-hybridized carbons (Fsp3) is 0.190. The molecule has 0 unspecified atom stereocenters. The molecule has 1 aliphatic rings. The predicted octanol–water partition coefficient (Wildman–Crippen LogP) is 4.55. The number of amides is 3. The lowest BCUT2D eigenvalue weighted by atomic mass is 10.1. The fourth-order valence-electron chi connectivity index (χ4n) is 3.33. The molecule has 6 heteroatoms. The number of fused-ring (bicyclic) bond motifs is 1. The Morgan fingerprint density at radius 3 is 2.52 bits per heavy atom. The van der Waals surface area contributed by atoms with Crippen molar-refractivity contribution in [2.45, 2.75) is 26.4 Å². The predicted molar refractivity (Wildman–Crippen MR) is 106 cm³/mol. The number of halogens is 1. The highest BCUT2D eigenvalue weighted by atomic mass is 35.5. The summed E-state index contributed by atoms with van der Waals surface area (Å²) >= 11 is 6.31. The van der Waals surface area contributed by atoms with Crippen LogP contribution >= 0.6 is 11.6 Å². The van der Waals surface area contributed by atoms with Gasteiger partial charge in [-0.05, 0) is 38.1 Å². The van der Waals surface area contributed by atoms with Crippen LogP contribution in [0.15, 0.2) is 54.6 Å². The zero-order chi connectivity index (χ0) is 19.1. The zero-order valence-electron chi connectivity index (χ0n) is 15.0. The first kappa shape index (κ1) is 17.5. The molecule has 4 rings (SSSR count). The molecule has 0 bridgehead atoms. The van der Waals surface area contributed by atoms with Crippen LogP contribution in [0, 0.1) is 6.92 Å². The molecule has 0 saturated carbocycles. The molecular formula is C21H18ClN3O2. The van der Waals surface area contributed by atoms with E-state index in [-0.39, 0.29) is 18.5 Å². The standard InChI is InChI=1S/C21H18ClN3O2/c1-13-7-9-17(10-8-13)25-14(2)20(26)24(21(25)27)12-16-11-15-5-3-4-6-18(15)23-19(16)22/h3-11,14H,12H2,1-2H3/t14-/m0/s1. The van der Waals surface area contributed by atoms with Crippen molar-refractivity contribution < 1.29 is 9.59 Å². The number of benzene rings is 2. The van der Waals surface area contributed by atoms with E-state index in [0.29, 0.717) is 16.4 Å². The maximum Gasteiger partial charge on any atom is 0.332 e. The molecule has 0 spiro atoms. The van der Waals surface area contributed by atoms with Crippen LogP contribution in [0.25, 0.3) is 10.9 Å². The SMILES string of the molecule is Cc1ccc(N2C(=O)N(Cc3cc4ccccc4nc3Cl)C(=O)[C@@H]2C)cc1. The van der Waals surface area contributed by atoms with Crippen molar-refractivity contribution in [2.75, 3.05) is 4.90 Å². The third kappa shape index (κ3) is 3.04. The van der Waals surface area contributed by atoms with E-state index < -0.39 is 6.04 Å². The van der Waals surface area contributed by atoms with Gasteiger partial charge in [-0.15, -0.1) is 0 Å². The Kier molecular flexibility index (Phi) is 4.32. The van der Waals surface area contributed by atoms with Gasteiger partial charge < -0.3 is 0 Å². The molecule has 136 valence electrons. The van der Waals surface area contributed by atoms with Gasteiger partial charge in [0.2, 0.25) is 0 Å². The average Bonchev–Trinajstić information content (AvgIpc) is 2.86. The van der Waals surface area contributed by atoms with Gasteiger partial charge in [-0.25, -0.2) is 9.78 Å². The Balaban J connectivity index is 1.66. The Bertz CT molecular complexity index is 1050. The summed E-state index contributed by atoms with van der Waals surface area (Å²) in [7, 11) is 0. The molecule has 0 N–H and O–H groups in total. The minimum absolute atomic E-state index is 0.0982. The van der Waals surface area contributed by atoms with E-state index in [2.05, 4.69) is 4.98 Å². The van der Waals surface area contributed by atoms with Crippen LogP contribution in [-0.2, 0) is 11.3 Å². The van der Waals surface area contributed by atoms with Crippen LogP contribution in [0.4, 0.5) is 10.5 Å². The number of carbonyl (C=O) groups is 2. The van der Waals surface area contributed by atoms with Crippen molar-refractivity contribution in [3.63, 3.8) is 0 Å². The first-order valence-corrected chi connectivity index (χ1v) is 9.09. The number of anilines is 1. The molecule has 1 aliphatic heterocycles. The molecule has 5 nitrogen and oxygen atoms in total. The number of pyridine rings is 1. The maximum absolute atomic E-state index is 13.0. The van der Waals surface area contributed by atoms with Gasteiger partial charge in [0, 0.05) is 16.6 Å². The van der Waals surface area contributed by atoms with E-state index >= 15 is 0 Å². The summed E-state index contributed by atoms with van der Waals surface area (Å²) in [4.78, 5) is 32.8. The zero-order valence-corrected chi connectivity index (χ0v) is 15.8. The van der Waals surface area contributed by atoms with Gasteiger partial charge in [-0.3, -0.25) is 14.6 Å². The molecule has 1 atom stereocenters. The van der Waals surface area contributed by atoms with Crippen LogP contribution in [-0.4, -0.2) is 27.9 Å². The lowest BCUT2D eigenvalue weighted by molar-refractivity contribution is -0.127. The van der Waals surface area contributed by atoms with E-state index in [1.165, 1.54) is 9.80 Å². The van der Waals surface area contributed by atoms with Crippen LogP contribution < -0.4 is 4.90 Å². The molecule has 0 radical (unpaired) electrons. The number of aryl methyl sites for hydroxylation is 1. The Morgan fingerprint density at radius 1 is 1.07 bits per heavy atom. The number of hydrogen-bond donors (Lipinski definition) is 0. The summed E-state index contributed by atoms with van der Waals surface area (Å²) in [5, 5.41) is 1.22. The van der Waals surface area contributed by atoms with Crippen LogP contribution in [0.1, 0.15) is 18.1 Å². The largest absolute Gasteiger partial charge is 0.332 e. The van der Waals surface area contributed by atoms with E-state index in [1.54, 1.807) is 6.92 Å². The smallest absolute Gasteiger partial charge is 0.282 e. The van der Waals surface area contributed by atoms with Crippen LogP contribution in [0.5, 0.6) is 0 Å². The highest BCUT2D eigenvalue weighted by molar-refractivity contribution is 6.30. The normalized spacial score (nSPS) is 17.2. The Hall–Kier alpha value is -2.92. The van der Waals surface area contributed by atoms with Gasteiger partial charge in [0.05, 0.1) is 12.1 Å². The van der Waals surface area contributed by atoms with Crippen molar-refractivity contribution in [1.29, 1.82) is 0 Å². The monoisotopic (exact) mass is 379 g/mol. The Labute approximate surface area is 162 Å². The second kappa shape index (κ2) is 6.67. The molecule has 3 amide bonds. The topological polar surface area (TPSA) is 53.5 Å². The summed E-state index contributed by atoms with van der Waals surface area (Å²) in [6.45, 7) is 3.81. The minimum atomic E-state index is -0.563. The summed E-state index contributed by atoms with van der Waals surface area (Å²) in [5.74, 6) is -0.246. The maximum atomic E-state index is 13.0. The summed E-state index contributed by atoms with van der Waals surface area (Å²) in [6, 6.07) is 16.1. The molecule has 2 aromatic carbocycles. The van der Waals surface area contributed by atoms with Crippen molar-refractivity contribution in [3.8, 4) is 0 Å². The first-order chi connectivity index (χ1) is 13.0. The van der Waals surface area contributed by atoms with Gasteiger partial charge in [-0.1, -0.05) is 47.5 Å². The number of para-hydroxylation sites is 1. The lowest BCUT2D eigenvalue weighted by Crippen LogP contribution is -2.33. The highest BCUT2D eigenvalue weighted by Crippen LogP contribution is 2.29. The quantitative estimate of drug-likeness (QED) is 0.495. The van der Waals surface area contributed by atoms with E-state index in [0.717, 1.165) is 16.5 Å². The number of urea groups is 1. The average molecular weight is 380 g/mol. The number of rotatable bonds is 3. The molecule has 1 saturated heterocycles. The lowest BCUT2D eigenvalue weighted by Gasteiger charge is -2.19. The number of hydrogen-bond acceptors (Lipinski definition) is 3. The molecule has 3 aromatic rings. The minimum Gasteiger partial charge on any atom is -0.282 e. The molecule has 1 aromatic heterocycles. The van der Waals surface area contributed by atoms with E-state index in [9.17, 15) is 9.59 Å². The molecule has 2 heterocycles. The number of aromatic nitrogens is 1. The third-order valence-corrected chi connectivity index (χ3v) is 5.17. The van der Waals surface area contributed by atoms with Crippen molar-refractivity contribution in [3.05, 3.63) is 70.9 Å². The highest BCUT2D eigenvalue weighted by Gasteiger charge is 2.43. The first-order valence-electron chi connectivity index (χ1n) is 8.71. The van der Waals surface area contributed by atoms with E-state index in [1.807, 2.05) is 61.5 Å². The number of carbonyl (C=O) groups excluding carboxylic acids is 2. The van der Waals surface area contributed by atoms with Gasteiger partial charge in [0.15, 0.2) is 0 Å². The van der Waals surface area contributed by atoms with Gasteiger partial charge in [0.1, 0.15) is 11.2 Å². The molecular weight excluding hydrogens is 362 g/mol. The second-order valence-corrected chi connectivity index (χ2v) is 7.08. The molecule has 1 fully saturated rings. The van der Waals surface area contributed by atoms with Gasteiger partial charge >= 0.3 is 6.03 Å². The van der Waals surface area contributed by atoms with Gasteiger partial charge in [-0.2, -0.15) is 0 Å². The molecule has 27 heavy (non-hydrogen) atoms. The van der Waals surface area contributed by atoms with Crippen LogP contribution in [0.2, 0.25) is 5.15 Å². The fourth-order valence-corrected chi connectivity index (χ4v) is 3.53. The summed E-state index contributed by atoms with van der Waals surface area (Å²) in [5.41, 5.74) is 3.22. The van der Waals surface area contributed by atoms with Crippen LogP contribution in [0.3, 0.4) is 0 Å². The van der Waals surface area contributed by atoms with E-state index in [4.69, 9.17) is 11.6 Å². The molecule has 0 aliphatic carbocycles. The van der Waals surface area contributed by atoms with Crippen molar-refractivity contribution in [2.24, 2.45) is 0 Å². The Morgan fingerprint density at radius 2 is 1.78 bits per heavy atom. The summed E-state index contributed by atoms with van der Waals surface area (Å²) in [6.07, 6.45) is 0. The van der Waals surface area contributed by atoms with Crippen molar-refractivity contribution in [1.82, 2.24) is 9.88 Å². The van der Waals surface area contributed by atoms with Crippen molar-refractivity contribution >= 4 is 40.1 Å². The number of nitrogens with zero attached hydrogens (tertiary/aromatic N) is 3. The number of imide groups is 1. The third-order valence-electron chi connectivity index (χ3n) is 4.84. The summed E-state index contributed by atoms with van der Waals surface area (Å²) < 4.78 is 0.